The van der Waals surface area contributed by atoms with Crippen molar-refractivity contribution < 1.29 is 18.3 Å². The molecule has 3 atom stereocenters. The minimum atomic E-state index is -2.96. The Kier molecular flexibility index (Phi) is 5.65. The van der Waals surface area contributed by atoms with Gasteiger partial charge in [0.25, 0.3) is 0 Å². The van der Waals surface area contributed by atoms with Crippen molar-refractivity contribution in [1.82, 2.24) is 0 Å². The van der Waals surface area contributed by atoms with Crippen molar-refractivity contribution in [2.24, 2.45) is 0 Å². The molecule has 0 N–H and O–H groups in total. The molecule has 0 radical (unpaired) electrons. The van der Waals surface area contributed by atoms with Gasteiger partial charge in [-0.05, 0) is 47.0 Å². The predicted molar refractivity (Wildman–Crippen MR) is 68.5 cm³/mol. The molecule has 0 bridgehead atoms. The van der Waals surface area contributed by atoms with E-state index in [1.54, 1.807) is 0 Å². The Balaban J connectivity index is 2.51. The molecule has 102 valence electrons. The molecule has 0 aromatic carbocycles. The van der Waals surface area contributed by atoms with Crippen LogP contribution in [0.2, 0.25) is 0 Å². The summed E-state index contributed by atoms with van der Waals surface area (Å²) in [7, 11) is -2.96. The number of hydrogen-bond donors (Lipinski definition) is 0. The van der Waals surface area contributed by atoms with Crippen LogP contribution < -0.4 is 0 Å². The minimum absolute atomic E-state index is 0.0547. The van der Waals surface area contributed by atoms with E-state index in [4.69, 9.17) is 13.8 Å². The first-order valence-corrected chi connectivity index (χ1v) is 8.39. The third-order valence-corrected chi connectivity index (χ3v) is 4.03. The van der Waals surface area contributed by atoms with E-state index < -0.39 is 7.60 Å². The van der Waals surface area contributed by atoms with E-state index >= 15 is 0 Å². The van der Waals surface area contributed by atoms with E-state index in [9.17, 15) is 4.57 Å². The molecule has 0 aromatic rings. The van der Waals surface area contributed by atoms with Crippen molar-refractivity contribution in [2.75, 3.05) is 6.66 Å². The van der Waals surface area contributed by atoms with Crippen LogP contribution in [0.1, 0.15) is 47.0 Å². The minimum Gasteiger partial charge on any atom is -0.373 e. The van der Waals surface area contributed by atoms with Crippen LogP contribution in [-0.4, -0.2) is 31.1 Å². The molecule has 1 saturated carbocycles. The Hall–Kier alpha value is 0.110. The Morgan fingerprint density at radius 2 is 1.65 bits per heavy atom. The molecule has 3 unspecified atom stereocenters. The van der Waals surface area contributed by atoms with Crippen LogP contribution in [0.5, 0.6) is 0 Å². The molecule has 5 heteroatoms. The second-order valence-corrected chi connectivity index (χ2v) is 7.19. The average molecular weight is 264 g/mol. The summed E-state index contributed by atoms with van der Waals surface area (Å²) in [5, 5.41) is 0. The summed E-state index contributed by atoms with van der Waals surface area (Å²) in [6, 6.07) is 0. The molecule has 1 aliphatic rings. The monoisotopic (exact) mass is 264 g/mol. The lowest BCUT2D eigenvalue weighted by atomic mass is 10.2. The highest BCUT2D eigenvalue weighted by Gasteiger charge is 2.34. The van der Waals surface area contributed by atoms with E-state index in [1.807, 2.05) is 27.7 Å². The summed E-state index contributed by atoms with van der Waals surface area (Å²) in [5.41, 5.74) is 0. The molecule has 0 amide bonds. The quantitative estimate of drug-likeness (QED) is 0.688. The summed E-state index contributed by atoms with van der Waals surface area (Å²) >= 11 is 0. The molecule has 0 aliphatic heterocycles. The lowest BCUT2D eigenvalue weighted by molar-refractivity contribution is -0.0442. The van der Waals surface area contributed by atoms with Gasteiger partial charge in [-0.3, -0.25) is 4.57 Å². The molecule has 0 saturated heterocycles. The van der Waals surface area contributed by atoms with Crippen molar-refractivity contribution in [2.45, 2.75) is 71.4 Å². The topological polar surface area (TPSA) is 44.8 Å². The molecule has 4 nitrogen and oxygen atoms in total. The van der Waals surface area contributed by atoms with Crippen molar-refractivity contribution in [3.8, 4) is 0 Å². The van der Waals surface area contributed by atoms with Gasteiger partial charge in [0.2, 0.25) is 0 Å². The smallest absolute Gasteiger partial charge is 0.328 e. The first kappa shape index (κ1) is 15.2. The van der Waals surface area contributed by atoms with Gasteiger partial charge in [0, 0.05) is 6.66 Å². The van der Waals surface area contributed by atoms with Gasteiger partial charge in [0.05, 0.1) is 24.4 Å². The molecule has 1 aliphatic carbocycles. The highest BCUT2D eigenvalue weighted by atomic mass is 31.2. The summed E-state index contributed by atoms with van der Waals surface area (Å²) in [5.74, 6) is 0. The van der Waals surface area contributed by atoms with Crippen LogP contribution in [0, 0.1) is 0 Å². The molecule has 17 heavy (non-hydrogen) atoms. The summed E-state index contributed by atoms with van der Waals surface area (Å²) in [4.78, 5) is 0. The molecule has 1 rings (SSSR count). The van der Waals surface area contributed by atoms with Gasteiger partial charge in [-0.15, -0.1) is 0 Å². The van der Waals surface area contributed by atoms with Gasteiger partial charge in [0.1, 0.15) is 0 Å². The Bertz CT molecular complexity index is 278. The van der Waals surface area contributed by atoms with Gasteiger partial charge in [0.15, 0.2) is 0 Å². The normalized spacial score (nSPS) is 28.9. The van der Waals surface area contributed by atoms with E-state index in [2.05, 4.69) is 0 Å². The van der Waals surface area contributed by atoms with Crippen LogP contribution in [0.25, 0.3) is 0 Å². The maximum Gasteiger partial charge on any atom is 0.328 e. The van der Waals surface area contributed by atoms with Crippen LogP contribution in [0.15, 0.2) is 0 Å². The zero-order valence-corrected chi connectivity index (χ0v) is 12.4. The van der Waals surface area contributed by atoms with Crippen LogP contribution in [-0.2, 0) is 18.3 Å². The first-order valence-electron chi connectivity index (χ1n) is 6.40. The fourth-order valence-corrected chi connectivity index (χ4v) is 3.72. The summed E-state index contributed by atoms with van der Waals surface area (Å²) < 4.78 is 28.8. The van der Waals surface area contributed by atoms with Crippen LogP contribution in [0.4, 0.5) is 0 Å². The number of rotatable bonds is 6. The van der Waals surface area contributed by atoms with Gasteiger partial charge in [-0.2, -0.15) is 0 Å². The highest BCUT2D eigenvalue weighted by Crippen LogP contribution is 2.49. The van der Waals surface area contributed by atoms with E-state index in [-0.39, 0.29) is 24.4 Å². The standard InChI is InChI=1S/C12H25O4P/c1-9(2)14-11-7-6-8-12(11)16-17(5,13)15-10(3)4/h9-12H,6-8H2,1-5H3. The van der Waals surface area contributed by atoms with Crippen molar-refractivity contribution in [1.29, 1.82) is 0 Å². The van der Waals surface area contributed by atoms with Gasteiger partial charge < -0.3 is 13.8 Å². The third-order valence-electron chi connectivity index (χ3n) is 2.57. The van der Waals surface area contributed by atoms with E-state index in [0.717, 1.165) is 19.3 Å². The number of ether oxygens (including phenoxy) is 1. The highest BCUT2D eigenvalue weighted by molar-refractivity contribution is 7.53. The largest absolute Gasteiger partial charge is 0.373 e. The second kappa shape index (κ2) is 6.33. The fraction of sp³-hybridized carbons (Fsp3) is 1.00. The van der Waals surface area contributed by atoms with Gasteiger partial charge in [-0.1, -0.05) is 0 Å². The summed E-state index contributed by atoms with van der Waals surface area (Å²) in [6.07, 6.45) is 2.99. The van der Waals surface area contributed by atoms with Crippen molar-refractivity contribution >= 4 is 7.60 Å². The van der Waals surface area contributed by atoms with Crippen LogP contribution >= 0.6 is 7.60 Å². The SMILES string of the molecule is CC(C)OC1CCCC1OP(C)(=O)OC(C)C. The van der Waals surface area contributed by atoms with Gasteiger partial charge >= 0.3 is 7.60 Å². The Labute approximate surface area is 105 Å². The molecule has 0 aromatic heterocycles. The summed E-state index contributed by atoms with van der Waals surface area (Å²) in [6.45, 7) is 9.27. The van der Waals surface area contributed by atoms with Crippen LogP contribution in [0.3, 0.4) is 0 Å². The molecular formula is C12H25O4P. The second-order valence-electron chi connectivity index (χ2n) is 5.22. The van der Waals surface area contributed by atoms with Crippen molar-refractivity contribution in [3.05, 3.63) is 0 Å². The molecular weight excluding hydrogens is 239 g/mol. The zero-order valence-electron chi connectivity index (χ0n) is 11.5. The van der Waals surface area contributed by atoms with E-state index in [0.29, 0.717) is 0 Å². The first-order chi connectivity index (χ1) is 7.80. The molecule has 0 spiro atoms. The maximum atomic E-state index is 12.1. The lowest BCUT2D eigenvalue weighted by Gasteiger charge is -2.26. The van der Waals surface area contributed by atoms with Gasteiger partial charge in [-0.25, -0.2) is 0 Å². The Morgan fingerprint density at radius 3 is 2.18 bits per heavy atom. The predicted octanol–water partition coefficient (Wildman–Crippen LogP) is 3.60. The lowest BCUT2D eigenvalue weighted by Crippen LogP contribution is -2.28. The third kappa shape index (κ3) is 5.52. The molecule has 1 fully saturated rings. The fourth-order valence-electron chi connectivity index (χ4n) is 2.17. The Morgan fingerprint density at radius 1 is 1.06 bits per heavy atom. The van der Waals surface area contributed by atoms with E-state index in [1.165, 1.54) is 6.66 Å². The maximum absolute atomic E-state index is 12.1. The zero-order chi connectivity index (χ0) is 13.1. The number of hydrogen-bond acceptors (Lipinski definition) is 4. The van der Waals surface area contributed by atoms with Crippen molar-refractivity contribution in [3.63, 3.8) is 0 Å². The average Bonchev–Trinajstić information content (AvgIpc) is 2.48. The molecule has 0 heterocycles.